The van der Waals surface area contributed by atoms with Gasteiger partial charge < -0.3 is 15.2 Å². The number of rotatable bonds is 7. The van der Waals surface area contributed by atoms with Crippen LogP contribution in [0.5, 0.6) is 5.75 Å². The lowest BCUT2D eigenvalue weighted by atomic mass is 10.2. The van der Waals surface area contributed by atoms with E-state index in [2.05, 4.69) is 5.32 Å². The average molecular weight is 306 g/mol. The van der Waals surface area contributed by atoms with E-state index in [1.54, 1.807) is 18.2 Å². The quantitative estimate of drug-likeness (QED) is 0.814. The fourth-order valence-electron chi connectivity index (χ4n) is 1.45. The van der Waals surface area contributed by atoms with E-state index in [1.165, 1.54) is 0 Å². The summed E-state index contributed by atoms with van der Waals surface area (Å²) in [6.07, 6.45) is 1.01. The molecule has 0 radical (unpaired) electrons. The number of carbonyl (C=O) groups is 1. The smallest absolute Gasteiger partial charge is 0.258 e. The number of carbonyl (C=O) groups excluding carboxylic acids is 1. The van der Waals surface area contributed by atoms with Gasteiger partial charge in [-0.15, -0.1) is 0 Å². The van der Waals surface area contributed by atoms with Crippen molar-refractivity contribution in [1.82, 2.24) is 5.32 Å². The highest BCUT2D eigenvalue weighted by Crippen LogP contribution is 2.27. The van der Waals surface area contributed by atoms with Crippen LogP contribution in [0.15, 0.2) is 18.2 Å². The molecule has 6 heteroatoms. The third kappa shape index (κ3) is 6.14. The molecule has 1 amide bonds. The molecular weight excluding hydrogens is 289 g/mol. The number of ether oxygens (including phenoxy) is 1. The van der Waals surface area contributed by atoms with Crippen molar-refractivity contribution < 1.29 is 14.6 Å². The van der Waals surface area contributed by atoms with E-state index in [0.29, 0.717) is 22.2 Å². The number of benzene rings is 1. The summed E-state index contributed by atoms with van der Waals surface area (Å²) in [5, 5.41) is 12.9. The summed E-state index contributed by atoms with van der Waals surface area (Å²) in [5.74, 6) is 0.0940. The van der Waals surface area contributed by atoms with Crippen molar-refractivity contribution in [3.63, 3.8) is 0 Å². The molecule has 106 valence electrons. The highest BCUT2D eigenvalue weighted by atomic mass is 35.5. The van der Waals surface area contributed by atoms with Crippen molar-refractivity contribution >= 4 is 29.1 Å². The van der Waals surface area contributed by atoms with Crippen LogP contribution in [0, 0.1) is 0 Å². The molecule has 1 rings (SSSR count). The molecule has 2 N–H and O–H groups in total. The Labute approximate surface area is 122 Å². The molecule has 4 nitrogen and oxygen atoms in total. The van der Waals surface area contributed by atoms with Crippen LogP contribution in [0.1, 0.15) is 19.8 Å². The van der Waals surface area contributed by atoms with E-state index in [4.69, 9.17) is 27.9 Å². The van der Waals surface area contributed by atoms with Crippen molar-refractivity contribution in [1.29, 1.82) is 0 Å². The number of nitrogens with one attached hydrogen (secondary N) is 1. The Balaban J connectivity index is 2.33. The van der Waals surface area contributed by atoms with Gasteiger partial charge in [0.05, 0.1) is 11.1 Å². The summed E-state index contributed by atoms with van der Waals surface area (Å²) < 4.78 is 5.26. The van der Waals surface area contributed by atoms with Crippen molar-refractivity contribution in [2.24, 2.45) is 0 Å². The highest BCUT2D eigenvalue weighted by molar-refractivity contribution is 6.35. The first kappa shape index (κ1) is 16.1. The maximum atomic E-state index is 11.5. The second kappa shape index (κ2) is 8.25. The summed E-state index contributed by atoms with van der Waals surface area (Å²) in [7, 11) is 0. The number of aliphatic hydroxyl groups excluding tert-OH is 1. The molecule has 19 heavy (non-hydrogen) atoms. The van der Waals surface area contributed by atoms with Crippen molar-refractivity contribution in [2.75, 3.05) is 13.2 Å². The summed E-state index contributed by atoms with van der Waals surface area (Å²) >= 11 is 11.6. The minimum atomic E-state index is -0.520. The maximum Gasteiger partial charge on any atom is 0.258 e. The minimum Gasteiger partial charge on any atom is -0.482 e. The molecule has 0 aliphatic rings. The van der Waals surface area contributed by atoms with Gasteiger partial charge in [0, 0.05) is 11.6 Å². The molecular formula is C13H17Cl2NO3. The third-order valence-corrected chi connectivity index (χ3v) is 2.94. The summed E-state index contributed by atoms with van der Waals surface area (Å²) in [5.41, 5.74) is 0. The van der Waals surface area contributed by atoms with E-state index in [9.17, 15) is 9.90 Å². The van der Waals surface area contributed by atoms with Gasteiger partial charge in [-0.2, -0.15) is 0 Å². The zero-order valence-electron chi connectivity index (χ0n) is 10.7. The van der Waals surface area contributed by atoms with Gasteiger partial charge in [0.15, 0.2) is 6.61 Å². The van der Waals surface area contributed by atoms with Gasteiger partial charge in [0.25, 0.3) is 5.91 Å². The van der Waals surface area contributed by atoms with Crippen LogP contribution in [0.2, 0.25) is 10.0 Å². The molecule has 0 aliphatic carbocycles. The first-order valence-electron chi connectivity index (χ1n) is 6.05. The van der Waals surface area contributed by atoms with E-state index in [-0.39, 0.29) is 19.1 Å². The predicted molar refractivity (Wildman–Crippen MR) is 75.9 cm³/mol. The zero-order valence-corrected chi connectivity index (χ0v) is 12.2. The molecule has 0 spiro atoms. The SMILES string of the molecule is CCCC(O)CNC(=O)COc1ccc(Cl)cc1Cl. The van der Waals surface area contributed by atoms with Gasteiger partial charge in [-0.3, -0.25) is 4.79 Å². The van der Waals surface area contributed by atoms with Crippen LogP contribution in [0.25, 0.3) is 0 Å². The average Bonchev–Trinajstić information content (AvgIpc) is 2.35. The third-order valence-electron chi connectivity index (χ3n) is 2.41. The lowest BCUT2D eigenvalue weighted by Crippen LogP contribution is -2.35. The lowest BCUT2D eigenvalue weighted by molar-refractivity contribution is -0.123. The van der Waals surface area contributed by atoms with E-state index in [0.717, 1.165) is 6.42 Å². The van der Waals surface area contributed by atoms with Gasteiger partial charge in [0.2, 0.25) is 0 Å². The van der Waals surface area contributed by atoms with Gasteiger partial charge in [0.1, 0.15) is 5.75 Å². The lowest BCUT2D eigenvalue weighted by Gasteiger charge is -2.12. The van der Waals surface area contributed by atoms with Crippen molar-refractivity contribution in [3.05, 3.63) is 28.2 Å². The molecule has 1 aromatic carbocycles. The van der Waals surface area contributed by atoms with Crippen molar-refractivity contribution in [2.45, 2.75) is 25.9 Å². The maximum absolute atomic E-state index is 11.5. The van der Waals surface area contributed by atoms with Crippen LogP contribution in [0.4, 0.5) is 0 Å². The fourth-order valence-corrected chi connectivity index (χ4v) is 1.92. The predicted octanol–water partition coefficient (Wildman–Crippen LogP) is 2.65. The molecule has 1 unspecified atom stereocenters. The summed E-state index contributed by atoms with van der Waals surface area (Å²) in [6, 6.07) is 4.77. The monoisotopic (exact) mass is 305 g/mol. The van der Waals surface area contributed by atoms with E-state index < -0.39 is 6.10 Å². The number of hydrogen-bond donors (Lipinski definition) is 2. The first-order valence-corrected chi connectivity index (χ1v) is 6.81. The molecule has 0 fully saturated rings. The van der Waals surface area contributed by atoms with Gasteiger partial charge in [-0.1, -0.05) is 36.5 Å². The molecule has 0 aliphatic heterocycles. The topological polar surface area (TPSA) is 58.6 Å². The molecule has 0 aromatic heterocycles. The molecule has 0 bridgehead atoms. The Morgan fingerprint density at radius 3 is 2.84 bits per heavy atom. The Bertz CT molecular complexity index is 426. The molecule has 0 heterocycles. The van der Waals surface area contributed by atoms with Crippen LogP contribution < -0.4 is 10.1 Å². The zero-order chi connectivity index (χ0) is 14.3. The summed E-state index contributed by atoms with van der Waals surface area (Å²) in [6.45, 7) is 2.04. The van der Waals surface area contributed by atoms with Crippen LogP contribution in [-0.2, 0) is 4.79 Å². The second-order valence-corrected chi connectivity index (χ2v) is 4.95. The molecule has 0 saturated carbocycles. The van der Waals surface area contributed by atoms with Gasteiger partial charge in [-0.05, 0) is 24.6 Å². The fraction of sp³-hybridized carbons (Fsp3) is 0.462. The van der Waals surface area contributed by atoms with Crippen LogP contribution in [0.3, 0.4) is 0 Å². The second-order valence-electron chi connectivity index (χ2n) is 4.11. The number of aliphatic hydroxyl groups is 1. The highest BCUT2D eigenvalue weighted by Gasteiger charge is 2.08. The Hall–Kier alpha value is -0.970. The normalized spacial score (nSPS) is 12.0. The van der Waals surface area contributed by atoms with Gasteiger partial charge in [-0.25, -0.2) is 0 Å². The first-order chi connectivity index (χ1) is 9.02. The van der Waals surface area contributed by atoms with Crippen molar-refractivity contribution in [3.8, 4) is 5.75 Å². The Kier molecular flexibility index (Phi) is 6.99. The van der Waals surface area contributed by atoms with Crippen LogP contribution in [-0.4, -0.2) is 30.3 Å². The van der Waals surface area contributed by atoms with E-state index >= 15 is 0 Å². The van der Waals surface area contributed by atoms with Crippen LogP contribution >= 0.6 is 23.2 Å². The minimum absolute atomic E-state index is 0.153. The molecule has 1 atom stereocenters. The number of halogens is 2. The standard InChI is InChI=1S/C13H17Cl2NO3/c1-2-3-10(17)7-16-13(18)8-19-12-5-4-9(14)6-11(12)15/h4-6,10,17H,2-3,7-8H2,1H3,(H,16,18). The number of hydrogen-bond acceptors (Lipinski definition) is 3. The van der Waals surface area contributed by atoms with Gasteiger partial charge >= 0.3 is 0 Å². The Morgan fingerprint density at radius 1 is 1.47 bits per heavy atom. The number of amides is 1. The molecule has 1 aromatic rings. The summed E-state index contributed by atoms with van der Waals surface area (Å²) in [4.78, 5) is 11.5. The van der Waals surface area contributed by atoms with E-state index in [1.807, 2.05) is 6.92 Å². The largest absolute Gasteiger partial charge is 0.482 e. The Morgan fingerprint density at radius 2 is 2.21 bits per heavy atom. The molecule has 0 saturated heterocycles.